The summed E-state index contributed by atoms with van der Waals surface area (Å²) >= 11 is 0. The Morgan fingerprint density at radius 2 is 1.68 bits per heavy atom. The predicted molar refractivity (Wildman–Crippen MR) is 212 cm³/mol. The van der Waals surface area contributed by atoms with E-state index in [2.05, 4.69) is 127 Å². The summed E-state index contributed by atoms with van der Waals surface area (Å²) in [5.74, 6) is 0.288. The van der Waals surface area contributed by atoms with Crippen LogP contribution < -0.4 is 10.3 Å². The molecule has 7 rings (SSSR count). The Hall–Kier alpha value is -5.74. The zero-order chi connectivity index (χ0) is 35.0. The van der Waals surface area contributed by atoms with Crippen molar-refractivity contribution in [2.75, 3.05) is 4.90 Å². The molecule has 2 heterocycles. The maximum atomic E-state index is 14.5. The Balaban J connectivity index is 0.00000212. The number of carbonyl (C=O) groups is 1. The lowest BCUT2D eigenvalue weighted by atomic mass is 9.92. The second-order valence-electron chi connectivity index (χ2n) is 12.5. The summed E-state index contributed by atoms with van der Waals surface area (Å²) in [5.41, 5.74) is 9.60. The van der Waals surface area contributed by atoms with E-state index in [9.17, 15) is 9.59 Å². The van der Waals surface area contributed by atoms with E-state index in [1.807, 2.05) is 49.4 Å². The number of hydrogen-bond acceptors (Lipinski definition) is 3. The van der Waals surface area contributed by atoms with Gasteiger partial charge in [-0.05, 0) is 61.2 Å². The van der Waals surface area contributed by atoms with Gasteiger partial charge in [-0.2, -0.15) is 0 Å². The summed E-state index contributed by atoms with van der Waals surface area (Å²) in [4.78, 5) is 30.6. The Morgan fingerprint density at radius 3 is 2.48 bits per heavy atom. The van der Waals surface area contributed by atoms with Gasteiger partial charge in [-0.15, -0.1) is 13.2 Å². The molecule has 250 valence electrons. The van der Waals surface area contributed by atoms with Crippen molar-refractivity contribution in [2.24, 2.45) is 0 Å². The second kappa shape index (κ2) is 15.7. The highest BCUT2D eigenvalue weighted by atomic mass is 16.1. The minimum Gasteiger partial charge on any atom is -0.340 e. The SMILES string of the molecule is C/C=C\C/C(=C\C)N1Cc2ccccc2C(=O)Cc2cc3c(cc21)c(=O)c1c(n3/C2=C/C=CC(c3ccccc3)/C=C\C2)C=CC=CC1.C=C. The Bertz CT molecular complexity index is 2190. The first-order valence-corrected chi connectivity index (χ1v) is 17.4. The predicted octanol–water partition coefficient (Wildman–Crippen LogP) is 10.7. The van der Waals surface area contributed by atoms with Crippen LogP contribution in [0.1, 0.15) is 70.9 Å². The number of benzene rings is 3. The molecule has 0 bridgehead atoms. The van der Waals surface area contributed by atoms with Crippen molar-refractivity contribution in [1.82, 2.24) is 4.57 Å². The van der Waals surface area contributed by atoms with Crippen molar-refractivity contribution < 1.29 is 4.79 Å². The van der Waals surface area contributed by atoms with Gasteiger partial charge in [-0.25, -0.2) is 0 Å². The lowest BCUT2D eigenvalue weighted by molar-refractivity contribution is 0.0991. The third-order valence-corrected chi connectivity index (χ3v) is 9.61. The van der Waals surface area contributed by atoms with Gasteiger partial charge in [0, 0.05) is 65.3 Å². The highest BCUT2D eigenvalue weighted by Crippen LogP contribution is 2.37. The molecule has 1 unspecified atom stereocenters. The van der Waals surface area contributed by atoms with Gasteiger partial charge in [0.25, 0.3) is 0 Å². The van der Waals surface area contributed by atoms with E-state index >= 15 is 0 Å². The molecule has 0 radical (unpaired) electrons. The van der Waals surface area contributed by atoms with Gasteiger partial charge in [-0.3, -0.25) is 9.59 Å². The number of anilines is 1. The molecule has 0 saturated heterocycles. The number of aromatic nitrogens is 1. The zero-order valence-electron chi connectivity index (χ0n) is 29.0. The topological polar surface area (TPSA) is 42.3 Å². The third-order valence-electron chi connectivity index (χ3n) is 9.61. The molecular formula is C46H44N2O2. The Labute approximate surface area is 295 Å². The van der Waals surface area contributed by atoms with E-state index in [0.29, 0.717) is 24.8 Å². The number of carbonyl (C=O) groups excluding carboxylic acids is 1. The van der Waals surface area contributed by atoms with Crippen LogP contribution in [0.2, 0.25) is 0 Å². The van der Waals surface area contributed by atoms with Gasteiger partial charge in [0.05, 0.1) is 11.2 Å². The minimum atomic E-state index is 0.0427. The number of Topliss-reactive ketones (excluding diaryl/α,β-unsaturated/α-hetero) is 1. The van der Waals surface area contributed by atoms with Gasteiger partial charge in [-0.1, -0.05) is 115 Å². The summed E-state index contributed by atoms with van der Waals surface area (Å²) in [6.07, 6.45) is 27.8. The molecule has 2 aliphatic carbocycles. The van der Waals surface area contributed by atoms with Crippen molar-refractivity contribution in [1.29, 1.82) is 0 Å². The van der Waals surface area contributed by atoms with Crippen molar-refractivity contribution in [2.45, 2.75) is 52.0 Å². The van der Waals surface area contributed by atoms with Crippen molar-refractivity contribution in [3.8, 4) is 0 Å². The zero-order valence-corrected chi connectivity index (χ0v) is 29.0. The van der Waals surface area contributed by atoms with Crippen LogP contribution >= 0.6 is 0 Å². The van der Waals surface area contributed by atoms with Crippen LogP contribution in [0.5, 0.6) is 0 Å². The van der Waals surface area contributed by atoms with E-state index in [-0.39, 0.29) is 23.6 Å². The molecule has 4 heteroatoms. The largest absolute Gasteiger partial charge is 0.340 e. The second-order valence-corrected chi connectivity index (χ2v) is 12.5. The number of rotatable bonds is 5. The molecular weight excluding hydrogens is 613 g/mol. The lowest BCUT2D eigenvalue weighted by Gasteiger charge is -2.32. The summed E-state index contributed by atoms with van der Waals surface area (Å²) < 4.78 is 2.26. The van der Waals surface area contributed by atoms with E-state index in [0.717, 1.165) is 57.0 Å². The molecule has 0 N–H and O–H groups in total. The summed E-state index contributed by atoms with van der Waals surface area (Å²) in [5, 5.41) is 0.669. The third kappa shape index (κ3) is 6.75. The monoisotopic (exact) mass is 656 g/mol. The van der Waals surface area contributed by atoms with Gasteiger partial charge in [0.2, 0.25) is 0 Å². The first-order chi connectivity index (χ1) is 24.6. The van der Waals surface area contributed by atoms with Crippen molar-refractivity contribution >= 4 is 34.1 Å². The fourth-order valence-electron chi connectivity index (χ4n) is 7.17. The number of ketones is 1. The fourth-order valence-corrected chi connectivity index (χ4v) is 7.17. The van der Waals surface area contributed by atoms with E-state index in [1.165, 1.54) is 5.56 Å². The van der Waals surface area contributed by atoms with Crippen molar-refractivity contribution in [3.63, 3.8) is 0 Å². The maximum Gasteiger partial charge on any atom is 0.193 e. The molecule has 1 aromatic heterocycles. The van der Waals surface area contributed by atoms with Crippen LogP contribution in [-0.4, -0.2) is 10.4 Å². The van der Waals surface area contributed by atoms with Gasteiger partial charge in [0.15, 0.2) is 11.2 Å². The molecule has 50 heavy (non-hydrogen) atoms. The molecule has 4 aromatic rings. The first kappa shape index (κ1) is 34.1. The number of pyridine rings is 1. The van der Waals surface area contributed by atoms with E-state index < -0.39 is 0 Å². The lowest BCUT2D eigenvalue weighted by Crippen LogP contribution is -2.28. The van der Waals surface area contributed by atoms with E-state index in [1.54, 1.807) is 0 Å². The van der Waals surface area contributed by atoms with Gasteiger partial charge in [0.1, 0.15) is 0 Å². The van der Waals surface area contributed by atoms with Crippen LogP contribution in [0.25, 0.3) is 22.7 Å². The molecule has 0 amide bonds. The van der Waals surface area contributed by atoms with Gasteiger partial charge >= 0.3 is 0 Å². The molecule has 4 nitrogen and oxygen atoms in total. The maximum absolute atomic E-state index is 14.5. The smallest absolute Gasteiger partial charge is 0.193 e. The quantitative estimate of drug-likeness (QED) is 0.201. The number of nitrogens with zero attached hydrogens (tertiary/aromatic N) is 2. The average Bonchev–Trinajstić information content (AvgIpc) is 3.39. The molecule has 3 aliphatic rings. The highest BCUT2D eigenvalue weighted by molar-refractivity contribution is 6.01. The number of hydrogen-bond donors (Lipinski definition) is 0. The summed E-state index contributed by atoms with van der Waals surface area (Å²) in [6.45, 7) is 10.6. The number of allylic oxidation sites excluding steroid dienone is 12. The summed E-state index contributed by atoms with van der Waals surface area (Å²) in [6, 6.07) is 22.6. The average molecular weight is 657 g/mol. The van der Waals surface area contributed by atoms with Crippen molar-refractivity contribution in [3.05, 3.63) is 196 Å². The van der Waals surface area contributed by atoms with Gasteiger partial charge < -0.3 is 9.47 Å². The van der Waals surface area contributed by atoms with Crippen LogP contribution in [0.3, 0.4) is 0 Å². The number of fused-ring (bicyclic) bond motifs is 4. The first-order valence-electron chi connectivity index (χ1n) is 17.4. The van der Waals surface area contributed by atoms with Crippen LogP contribution in [0.15, 0.2) is 157 Å². The fraction of sp³-hybridized carbons (Fsp3) is 0.174. The van der Waals surface area contributed by atoms with Crippen LogP contribution in [0, 0.1) is 0 Å². The Kier molecular flexibility index (Phi) is 10.7. The Morgan fingerprint density at radius 1 is 0.880 bits per heavy atom. The molecule has 0 fully saturated rings. The standard InChI is InChI=1S/C44H40N2O2.C2H4/c1-3-5-21-35(4-2)45-30-33-18-12-13-24-37(33)43(47)28-34-27-42-39(29-41(34)45)44(48)38-25-10-7-11-26-40(38)46(42)36-22-14-19-32(20-15-23-36)31-16-8-6-9-17-31;1-2/h3-20,22,24,26-27,29,32H,21,23,25,28,30H2,1-2H3;1-2H2/b5-3-,19-14?,20-15-,35-4+,36-22+;. The molecule has 1 aliphatic heterocycles. The minimum absolute atomic E-state index is 0.0427. The van der Waals surface area contributed by atoms with Crippen LogP contribution in [0.4, 0.5) is 5.69 Å². The van der Waals surface area contributed by atoms with E-state index in [4.69, 9.17) is 0 Å². The molecule has 3 aromatic carbocycles. The molecule has 0 saturated carbocycles. The molecule has 1 atom stereocenters. The molecule has 0 spiro atoms. The highest BCUT2D eigenvalue weighted by Gasteiger charge is 2.27. The van der Waals surface area contributed by atoms with Crippen LogP contribution in [-0.2, 0) is 19.4 Å². The normalized spacial score (nSPS) is 18.7. The summed E-state index contributed by atoms with van der Waals surface area (Å²) in [7, 11) is 0.